The number of nitriles is 1. The molecule has 0 atom stereocenters. The number of rotatable bonds is 2. The number of hydrogen-bond donors (Lipinski definition) is 1. The molecule has 108 valence electrons. The van der Waals surface area contributed by atoms with Crippen molar-refractivity contribution in [1.29, 1.82) is 5.26 Å². The monoisotopic (exact) mass is 296 g/mol. The number of nitrogens with two attached hydrogens (primary N) is 1. The van der Waals surface area contributed by atoms with E-state index in [1.54, 1.807) is 12.1 Å². The summed E-state index contributed by atoms with van der Waals surface area (Å²) in [6.45, 7) is 0. The molecule has 0 unspecified atom stereocenters. The van der Waals surface area contributed by atoms with Gasteiger partial charge in [-0.15, -0.1) is 0 Å². The van der Waals surface area contributed by atoms with Gasteiger partial charge in [0, 0.05) is 5.56 Å². The average molecular weight is 296 g/mol. The van der Waals surface area contributed by atoms with Crippen LogP contribution >= 0.6 is 0 Å². The first-order valence-electron chi connectivity index (χ1n) is 6.41. The van der Waals surface area contributed by atoms with Crippen LogP contribution in [-0.2, 0) is 0 Å². The van der Waals surface area contributed by atoms with Crippen LogP contribution in [0.4, 0.5) is 14.6 Å². The molecule has 0 spiro atoms. The fourth-order valence-electron chi connectivity index (χ4n) is 2.19. The van der Waals surface area contributed by atoms with E-state index in [-0.39, 0.29) is 22.6 Å². The van der Waals surface area contributed by atoms with Crippen molar-refractivity contribution in [3.63, 3.8) is 0 Å². The van der Waals surface area contributed by atoms with Crippen LogP contribution in [0.3, 0.4) is 0 Å². The number of nitrogens with zero attached hydrogens (tertiary/aromatic N) is 3. The summed E-state index contributed by atoms with van der Waals surface area (Å²) in [5.74, 6) is -0.937. The van der Waals surface area contributed by atoms with Gasteiger partial charge < -0.3 is 5.73 Å². The molecule has 0 radical (unpaired) electrons. The summed E-state index contributed by atoms with van der Waals surface area (Å²) >= 11 is 0. The Morgan fingerprint density at radius 1 is 1.09 bits per heavy atom. The molecule has 0 aliphatic carbocycles. The first kappa shape index (κ1) is 13.8. The van der Waals surface area contributed by atoms with Crippen LogP contribution in [0.2, 0.25) is 0 Å². The molecule has 2 N–H and O–H groups in total. The van der Waals surface area contributed by atoms with E-state index >= 15 is 0 Å². The lowest BCUT2D eigenvalue weighted by molar-refractivity contribution is 0.625. The highest BCUT2D eigenvalue weighted by Crippen LogP contribution is 2.30. The quantitative estimate of drug-likeness (QED) is 0.789. The number of aromatic nitrogens is 2. The van der Waals surface area contributed by atoms with Crippen molar-refractivity contribution in [3.05, 3.63) is 65.7 Å². The zero-order valence-corrected chi connectivity index (χ0v) is 11.3. The third-order valence-corrected chi connectivity index (χ3v) is 3.21. The number of anilines is 1. The molecule has 1 heterocycles. The van der Waals surface area contributed by atoms with Crippen LogP contribution in [-0.4, -0.2) is 9.78 Å². The van der Waals surface area contributed by atoms with E-state index in [9.17, 15) is 14.0 Å². The molecule has 0 saturated carbocycles. The Morgan fingerprint density at radius 3 is 2.55 bits per heavy atom. The lowest BCUT2D eigenvalue weighted by Crippen LogP contribution is -2.02. The van der Waals surface area contributed by atoms with E-state index in [0.717, 1.165) is 0 Å². The molecule has 0 bridgehead atoms. The van der Waals surface area contributed by atoms with Gasteiger partial charge in [0.05, 0.1) is 5.69 Å². The Balaban J connectivity index is 2.25. The zero-order valence-electron chi connectivity index (χ0n) is 11.3. The van der Waals surface area contributed by atoms with Gasteiger partial charge in [0.1, 0.15) is 34.8 Å². The highest BCUT2D eigenvalue weighted by molar-refractivity contribution is 5.74. The van der Waals surface area contributed by atoms with Crippen LogP contribution in [0.5, 0.6) is 0 Å². The summed E-state index contributed by atoms with van der Waals surface area (Å²) < 4.78 is 28.5. The standard InChI is InChI=1S/C16H10F2N4/c17-10-4-3-5-11(8-10)22-16(20)13(9-19)15(21-22)12-6-1-2-7-14(12)18/h1-8H,20H2. The van der Waals surface area contributed by atoms with Crippen LogP contribution in [0.25, 0.3) is 16.9 Å². The maximum Gasteiger partial charge on any atom is 0.145 e. The van der Waals surface area contributed by atoms with Gasteiger partial charge in [0.2, 0.25) is 0 Å². The molecule has 0 amide bonds. The topological polar surface area (TPSA) is 67.6 Å². The Bertz CT molecular complexity index is 893. The van der Waals surface area contributed by atoms with Crippen LogP contribution < -0.4 is 5.73 Å². The lowest BCUT2D eigenvalue weighted by atomic mass is 10.1. The molecule has 0 saturated heterocycles. The highest BCUT2D eigenvalue weighted by atomic mass is 19.1. The molecule has 0 aliphatic rings. The van der Waals surface area contributed by atoms with Crippen molar-refractivity contribution < 1.29 is 8.78 Å². The summed E-state index contributed by atoms with van der Waals surface area (Å²) in [4.78, 5) is 0. The molecule has 6 heteroatoms. The molecule has 3 rings (SSSR count). The van der Waals surface area contributed by atoms with E-state index in [1.165, 1.54) is 41.1 Å². The molecule has 1 aromatic heterocycles. The lowest BCUT2D eigenvalue weighted by Gasteiger charge is -2.03. The fraction of sp³-hybridized carbons (Fsp3) is 0. The molecule has 3 aromatic rings. The molecule has 4 nitrogen and oxygen atoms in total. The third kappa shape index (κ3) is 2.19. The molecule has 2 aromatic carbocycles. The summed E-state index contributed by atoms with van der Waals surface area (Å²) in [5, 5.41) is 13.5. The van der Waals surface area contributed by atoms with Gasteiger partial charge in [-0.05, 0) is 30.3 Å². The first-order valence-corrected chi connectivity index (χ1v) is 6.41. The normalized spacial score (nSPS) is 10.4. The van der Waals surface area contributed by atoms with Crippen molar-refractivity contribution in [2.24, 2.45) is 0 Å². The Kier molecular flexibility index (Phi) is 3.31. The minimum Gasteiger partial charge on any atom is -0.382 e. The number of benzene rings is 2. The van der Waals surface area contributed by atoms with Crippen LogP contribution in [0, 0.1) is 23.0 Å². The molecular weight excluding hydrogens is 286 g/mol. The van der Waals surface area contributed by atoms with Gasteiger partial charge in [0.25, 0.3) is 0 Å². The van der Waals surface area contributed by atoms with E-state index in [4.69, 9.17) is 5.73 Å². The number of nitrogen functional groups attached to an aromatic ring is 1. The van der Waals surface area contributed by atoms with Crippen molar-refractivity contribution in [3.8, 4) is 23.0 Å². The van der Waals surface area contributed by atoms with Crippen molar-refractivity contribution in [2.75, 3.05) is 5.73 Å². The number of hydrogen-bond acceptors (Lipinski definition) is 3. The van der Waals surface area contributed by atoms with Gasteiger partial charge in [-0.3, -0.25) is 0 Å². The summed E-state index contributed by atoms with van der Waals surface area (Å²) in [5.41, 5.74) is 6.62. The van der Waals surface area contributed by atoms with Gasteiger partial charge in [-0.2, -0.15) is 10.4 Å². The molecule has 0 aliphatic heterocycles. The predicted molar refractivity (Wildman–Crippen MR) is 78.0 cm³/mol. The van der Waals surface area contributed by atoms with Crippen molar-refractivity contribution in [1.82, 2.24) is 9.78 Å². The first-order chi connectivity index (χ1) is 10.6. The largest absolute Gasteiger partial charge is 0.382 e. The summed E-state index contributed by atoms with van der Waals surface area (Å²) in [7, 11) is 0. The Morgan fingerprint density at radius 2 is 1.86 bits per heavy atom. The van der Waals surface area contributed by atoms with Crippen LogP contribution in [0.1, 0.15) is 5.56 Å². The molecule has 22 heavy (non-hydrogen) atoms. The number of halogens is 2. The third-order valence-electron chi connectivity index (χ3n) is 3.21. The maximum atomic E-state index is 13.9. The van der Waals surface area contributed by atoms with E-state index in [0.29, 0.717) is 5.69 Å². The zero-order chi connectivity index (χ0) is 15.7. The van der Waals surface area contributed by atoms with Gasteiger partial charge >= 0.3 is 0 Å². The predicted octanol–water partition coefficient (Wildman–Crippen LogP) is 3.27. The van der Waals surface area contributed by atoms with E-state index in [1.807, 2.05) is 6.07 Å². The summed E-state index contributed by atoms with van der Waals surface area (Å²) in [6, 6.07) is 13.5. The average Bonchev–Trinajstić information content (AvgIpc) is 2.84. The summed E-state index contributed by atoms with van der Waals surface area (Å²) in [6.07, 6.45) is 0. The second-order valence-corrected chi connectivity index (χ2v) is 4.59. The SMILES string of the molecule is N#Cc1c(-c2ccccc2F)nn(-c2cccc(F)c2)c1N. The second kappa shape index (κ2) is 5.30. The van der Waals surface area contributed by atoms with Crippen molar-refractivity contribution in [2.45, 2.75) is 0 Å². The van der Waals surface area contributed by atoms with Gasteiger partial charge in [0.15, 0.2) is 0 Å². The van der Waals surface area contributed by atoms with E-state index in [2.05, 4.69) is 5.10 Å². The minimum atomic E-state index is -0.511. The van der Waals surface area contributed by atoms with Gasteiger partial charge in [-0.1, -0.05) is 18.2 Å². The molecule has 0 fully saturated rings. The minimum absolute atomic E-state index is 0.0337. The van der Waals surface area contributed by atoms with Gasteiger partial charge in [-0.25, -0.2) is 13.5 Å². The Labute approximate surface area is 125 Å². The maximum absolute atomic E-state index is 13.9. The second-order valence-electron chi connectivity index (χ2n) is 4.59. The fourth-order valence-corrected chi connectivity index (χ4v) is 2.19. The van der Waals surface area contributed by atoms with Crippen molar-refractivity contribution >= 4 is 5.82 Å². The highest BCUT2D eigenvalue weighted by Gasteiger charge is 2.20. The van der Waals surface area contributed by atoms with E-state index < -0.39 is 11.6 Å². The Hall–Kier alpha value is -3.20. The molecular formula is C16H10F2N4. The smallest absolute Gasteiger partial charge is 0.145 e. The van der Waals surface area contributed by atoms with Crippen LogP contribution in [0.15, 0.2) is 48.5 Å².